The predicted octanol–water partition coefficient (Wildman–Crippen LogP) is 5.34. The molecule has 0 aliphatic heterocycles. The summed E-state index contributed by atoms with van der Waals surface area (Å²) in [6.45, 7) is 20.6. The Kier molecular flexibility index (Phi) is 4.89. The Morgan fingerprint density at radius 3 is 1.25 bits per heavy atom. The first-order chi connectivity index (χ1) is 8.78. The van der Waals surface area contributed by atoms with E-state index >= 15 is 0 Å². The van der Waals surface area contributed by atoms with Gasteiger partial charge in [-0.25, -0.2) is 0 Å². The van der Waals surface area contributed by atoms with Gasteiger partial charge in [-0.2, -0.15) is 0 Å². The molecule has 0 aliphatic rings. The van der Waals surface area contributed by atoms with Crippen molar-refractivity contribution < 1.29 is 0 Å². The molecule has 0 nitrogen and oxygen atoms in total. The summed E-state index contributed by atoms with van der Waals surface area (Å²) in [6, 6.07) is 4.79. The van der Waals surface area contributed by atoms with Crippen molar-refractivity contribution in [1.29, 1.82) is 0 Å². The van der Waals surface area contributed by atoms with Crippen molar-refractivity contribution in [3.8, 4) is 0 Å². The van der Waals surface area contributed by atoms with Gasteiger partial charge < -0.3 is 0 Å². The van der Waals surface area contributed by atoms with Crippen molar-refractivity contribution in [3.05, 3.63) is 28.8 Å². The van der Waals surface area contributed by atoms with E-state index < -0.39 is 0 Å². The first-order valence-electron chi connectivity index (χ1n) is 7.36. The zero-order valence-electron chi connectivity index (χ0n) is 14.6. The molecule has 0 saturated carbocycles. The Balaban J connectivity index is 3.80. The molecule has 1 aromatic carbocycles. The van der Waals surface area contributed by atoms with Gasteiger partial charge in [-0.15, -0.1) is 0 Å². The van der Waals surface area contributed by atoms with Crippen LogP contribution >= 0.6 is 7.36 Å². The Hall–Kier alpha value is -0.260. The van der Waals surface area contributed by atoms with Gasteiger partial charge >= 0.3 is 0 Å². The number of hydrogen-bond donors (Lipinski definition) is 0. The van der Waals surface area contributed by atoms with Crippen molar-refractivity contribution in [2.24, 2.45) is 0 Å². The zero-order chi connectivity index (χ0) is 15.9. The van der Waals surface area contributed by atoms with Crippen LogP contribution in [0.3, 0.4) is 0 Å². The van der Waals surface area contributed by atoms with E-state index in [9.17, 15) is 0 Å². The second-order valence-corrected chi connectivity index (χ2v) is 10.1. The van der Waals surface area contributed by atoms with E-state index in [1.165, 1.54) is 22.0 Å². The molecule has 1 atom stereocenters. The molecule has 0 spiro atoms. The van der Waals surface area contributed by atoms with E-state index in [2.05, 4.69) is 74.4 Å². The molecular weight excluding hydrogens is 279 g/mol. The summed E-state index contributed by atoms with van der Waals surface area (Å²) in [5, 5.41) is 1.40. The Bertz CT molecular complexity index is 473. The van der Waals surface area contributed by atoms with Crippen LogP contribution in [0.5, 0.6) is 0 Å². The Labute approximate surface area is 132 Å². The molecule has 0 N–H and O–H groups in total. The predicted molar refractivity (Wildman–Crippen MR) is 97.9 cm³/mol. The SMILES string of the molecule is CC(C)(C)c1cc(C(C)(C)C)c([PH+]=S)c(C(C)(C)C)c1. The second-order valence-electron chi connectivity index (χ2n) is 8.80. The monoisotopic (exact) mass is 309 g/mol. The molecule has 0 bridgehead atoms. The fraction of sp³-hybridized carbons (Fsp3) is 0.667. The lowest BCUT2D eigenvalue weighted by atomic mass is 9.75. The molecule has 1 unspecified atom stereocenters. The van der Waals surface area contributed by atoms with Gasteiger partial charge in [0.05, 0.1) is 0 Å². The van der Waals surface area contributed by atoms with Crippen LogP contribution in [-0.2, 0) is 28.1 Å². The molecule has 0 heterocycles. The summed E-state index contributed by atoms with van der Waals surface area (Å²) < 4.78 is 0. The molecule has 112 valence electrons. The van der Waals surface area contributed by atoms with Gasteiger partial charge in [0.25, 0.3) is 0 Å². The van der Waals surface area contributed by atoms with Gasteiger partial charge in [0.1, 0.15) is 0 Å². The zero-order valence-corrected chi connectivity index (χ0v) is 16.4. The maximum Gasteiger partial charge on any atom is 0.198 e. The fourth-order valence-electron chi connectivity index (χ4n) is 2.37. The topological polar surface area (TPSA) is 0 Å². The largest absolute Gasteiger partial charge is 0.198 e. The quantitative estimate of drug-likeness (QED) is 0.631. The van der Waals surface area contributed by atoms with Crippen LogP contribution in [0, 0.1) is 0 Å². The van der Waals surface area contributed by atoms with Gasteiger partial charge in [0, 0.05) is 11.1 Å². The van der Waals surface area contributed by atoms with Crippen LogP contribution in [0.4, 0.5) is 0 Å². The van der Waals surface area contributed by atoms with Gasteiger partial charge in [-0.1, -0.05) is 74.4 Å². The smallest absolute Gasteiger partial charge is 0.0561 e. The van der Waals surface area contributed by atoms with E-state index in [1.54, 1.807) is 0 Å². The molecule has 0 saturated heterocycles. The van der Waals surface area contributed by atoms with Crippen molar-refractivity contribution in [2.45, 2.75) is 78.6 Å². The van der Waals surface area contributed by atoms with Crippen LogP contribution in [0.15, 0.2) is 12.1 Å². The van der Waals surface area contributed by atoms with Gasteiger partial charge in [-0.3, -0.25) is 0 Å². The molecule has 1 aromatic rings. The highest BCUT2D eigenvalue weighted by molar-refractivity contribution is 7.99. The number of hydrogen-bond acceptors (Lipinski definition) is 1. The summed E-state index contributed by atoms with van der Waals surface area (Å²) in [6.07, 6.45) is 0. The van der Waals surface area contributed by atoms with E-state index in [-0.39, 0.29) is 16.2 Å². The summed E-state index contributed by atoms with van der Waals surface area (Å²) in [5.41, 5.74) is 4.74. The van der Waals surface area contributed by atoms with E-state index in [1.807, 2.05) is 0 Å². The molecule has 0 aromatic heterocycles. The summed E-state index contributed by atoms with van der Waals surface area (Å²) in [4.78, 5) is 0. The highest BCUT2D eigenvalue weighted by atomic mass is 32.4. The Morgan fingerprint density at radius 2 is 1.05 bits per heavy atom. The Morgan fingerprint density at radius 1 is 0.700 bits per heavy atom. The average molecular weight is 309 g/mol. The third-order valence-electron chi connectivity index (χ3n) is 3.72. The van der Waals surface area contributed by atoms with Gasteiger partial charge in [0.15, 0.2) is 24.5 Å². The minimum Gasteiger partial charge on any atom is -0.0561 e. The molecule has 1 rings (SSSR count). The maximum absolute atomic E-state index is 5.50. The van der Waals surface area contributed by atoms with Crippen molar-refractivity contribution in [1.82, 2.24) is 0 Å². The lowest BCUT2D eigenvalue weighted by Crippen LogP contribution is -2.29. The minimum absolute atomic E-state index is 0.141. The lowest BCUT2D eigenvalue weighted by Gasteiger charge is -2.29. The maximum atomic E-state index is 5.50. The summed E-state index contributed by atoms with van der Waals surface area (Å²) >= 11 is 5.50. The molecule has 0 fully saturated rings. The van der Waals surface area contributed by atoms with Crippen LogP contribution in [0.2, 0.25) is 0 Å². The second kappa shape index (κ2) is 5.50. The molecule has 20 heavy (non-hydrogen) atoms. The average Bonchev–Trinajstić information content (AvgIpc) is 2.23. The van der Waals surface area contributed by atoms with Crippen molar-refractivity contribution >= 4 is 24.5 Å². The van der Waals surface area contributed by atoms with Crippen LogP contribution in [0.25, 0.3) is 0 Å². The van der Waals surface area contributed by atoms with Crippen LogP contribution < -0.4 is 5.30 Å². The minimum atomic E-state index is 0.141. The molecule has 0 aliphatic carbocycles. The lowest BCUT2D eigenvalue weighted by molar-refractivity contribution is 0.554. The number of benzene rings is 1. The normalized spacial score (nSPS) is 13.8. The standard InChI is InChI=1S/C18H29PS/c1-16(2,3)12-10-13(17(4,5)6)15(19-20)14(11-12)18(7,8)9/h10-11H,1-9H3/p+1. The molecule has 2 heteroatoms. The van der Waals surface area contributed by atoms with E-state index in [4.69, 9.17) is 11.8 Å². The third-order valence-corrected chi connectivity index (χ3v) is 5.08. The van der Waals surface area contributed by atoms with Gasteiger partial charge in [0.2, 0.25) is 0 Å². The van der Waals surface area contributed by atoms with E-state index in [0.29, 0.717) is 7.36 Å². The fourth-order valence-corrected chi connectivity index (χ4v) is 4.14. The van der Waals surface area contributed by atoms with Crippen molar-refractivity contribution in [3.63, 3.8) is 0 Å². The first-order valence-corrected chi connectivity index (χ1v) is 9.49. The van der Waals surface area contributed by atoms with Crippen LogP contribution in [-0.4, -0.2) is 0 Å². The van der Waals surface area contributed by atoms with Crippen molar-refractivity contribution in [2.75, 3.05) is 0 Å². The summed E-state index contributed by atoms with van der Waals surface area (Å²) in [5.74, 6) is 0. The molecule has 0 amide bonds. The van der Waals surface area contributed by atoms with Gasteiger partial charge in [-0.05, 0) is 21.8 Å². The molecular formula is C18H30PS+. The third kappa shape index (κ3) is 3.89. The number of rotatable bonds is 1. The highest BCUT2D eigenvalue weighted by Gasteiger charge is 2.31. The highest BCUT2D eigenvalue weighted by Crippen LogP contribution is 2.34. The first kappa shape index (κ1) is 17.8. The molecule has 0 radical (unpaired) electrons. The summed E-state index contributed by atoms with van der Waals surface area (Å²) in [7, 11) is 0.438. The van der Waals surface area contributed by atoms with E-state index in [0.717, 1.165) is 0 Å². The van der Waals surface area contributed by atoms with Crippen LogP contribution in [0.1, 0.15) is 79.0 Å².